The second kappa shape index (κ2) is 9.98. The molecule has 2 N–H and O–H groups in total. The van der Waals surface area contributed by atoms with E-state index in [2.05, 4.69) is 16.4 Å². The predicted molar refractivity (Wildman–Crippen MR) is 131 cm³/mol. The van der Waals surface area contributed by atoms with E-state index in [-0.39, 0.29) is 6.03 Å². The van der Waals surface area contributed by atoms with Crippen molar-refractivity contribution in [3.63, 3.8) is 0 Å². The number of fused-ring (bicyclic) bond motifs is 1. The maximum absolute atomic E-state index is 13.2. The topological polar surface area (TPSA) is 57.4 Å². The minimum atomic E-state index is -0.193. The molecule has 0 bridgehead atoms. The highest BCUT2D eigenvalue weighted by Gasteiger charge is 2.16. The number of H-pyrrole nitrogens is 1. The smallest absolute Gasteiger partial charge is 0.322 e. The van der Waals surface area contributed by atoms with Crippen LogP contribution in [0, 0.1) is 0 Å². The number of para-hydroxylation sites is 1. The number of ether oxygens (including phenoxy) is 1. The highest BCUT2D eigenvalue weighted by molar-refractivity contribution is 6.42. The molecule has 4 aromatic rings. The maximum atomic E-state index is 13.2. The number of hydrogen-bond acceptors (Lipinski definition) is 2. The van der Waals surface area contributed by atoms with Crippen LogP contribution in [-0.2, 0) is 13.0 Å². The van der Waals surface area contributed by atoms with Crippen LogP contribution in [0.25, 0.3) is 10.9 Å². The quantitative estimate of drug-likeness (QED) is 0.315. The molecule has 4 rings (SSSR count). The van der Waals surface area contributed by atoms with Gasteiger partial charge in [-0.2, -0.15) is 0 Å². The number of anilines is 1. The van der Waals surface area contributed by atoms with Crippen LogP contribution in [0.1, 0.15) is 11.1 Å². The molecule has 0 saturated carbocycles. The molecule has 0 aliphatic heterocycles. The lowest BCUT2D eigenvalue weighted by molar-refractivity contribution is 0.210. The molecule has 2 amide bonds. The van der Waals surface area contributed by atoms with Crippen molar-refractivity contribution in [2.24, 2.45) is 0 Å². The zero-order valence-corrected chi connectivity index (χ0v) is 19.1. The molecular formula is C25H23Cl2N3O2. The van der Waals surface area contributed by atoms with Crippen molar-refractivity contribution in [3.05, 3.63) is 94.1 Å². The van der Waals surface area contributed by atoms with E-state index in [0.717, 1.165) is 27.8 Å². The molecule has 0 unspecified atom stereocenters. The van der Waals surface area contributed by atoms with Crippen molar-refractivity contribution in [1.82, 2.24) is 9.88 Å². The number of amides is 2. The molecule has 0 radical (unpaired) electrons. The zero-order chi connectivity index (χ0) is 22.5. The summed E-state index contributed by atoms with van der Waals surface area (Å²) in [5.41, 5.74) is 3.85. The van der Waals surface area contributed by atoms with Gasteiger partial charge in [-0.25, -0.2) is 4.79 Å². The maximum Gasteiger partial charge on any atom is 0.322 e. The lowest BCUT2D eigenvalue weighted by Gasteiger charge is -2.23. The van der Waals surface area contributed by atoms with Crippen molar-refractivity contribution in [3.8, 4) is 5.75 Å². The molecule has 1 heterocycles. The van der Waals surface area contributed by atoms with Crippen LogP contribution in [0.15, 0.2) is 72.9 Å². The van der Waals surface area contributed by atoms with Gasteiger partial charge in [0.05, 0.1) is 17.2 Å². The Balaban J connectivity index is 1.53. The third-order valence-electron chi connectivity index (χ3n) is 5.31. The zero-order valence-electron chi connectivity index (χ0n) is 17.6. The number of nitrogens with one attached hydrogen (secondary N) is 2. The number of aromatic amines is 1. The number of aromatic nitrogens is 1. The van der Waals surface area contributed by atoms with Crippen LogP contribution in [0.3, 0.4) is 0 Å². The summed E-state index contributed by atoms with van der Waals surface area (Å²) >= 11 is 12.2. The lowest BCUT2D eigenvalue weighted by Crippen LogP contribution is -2.36. The van der Waals surface area contributed by atoms with Crippen LogP contribution in [0.2, 0.25) is 10.0 Å². The second-order valence-corrected chi connectivity index (χ2v) is 8.25. The summed E-state index contributed by atoms with van der Waals surface area (Å²) in [6.45, 7) is 0.936. The standard InChI is InChI=1S/C25H23Cl2N3O2/c1-32-20-9-7-19(8-10-20)29-25(31)30(16-17-6-11-22(26)23(27)14-17)13-12-18-15-28-24-5-3-2-4-21(18)24/h2-11,14-15,28H,12-13,16H2,1H3,(H,29,31). The number of halogens is 2. The van der Waals surface area contributed by atoms with E-state index < -0.39 is 0 Å². The number of nitrogens with zero attached hydrogens (tertiary/aromatic N) is 1. The molecule has 0 aliphatic rings. The molecule has 5 nitrogen and oxygen atoms in total. The third-order valence-corrected chi connectivity index (χ3v) is 6.05. The lowest BCUT2D eigenvalue weighted by atomic mass is 10.1. The first-order valence-corrected chi connectivity index (χ1v) is 11.0. The fourth-order valence-corrected chi connectivity index (χ4v) is 3.90. The number of carbonyl (C=O) groups is 1. The molecule has 0 atom stereocenters. The molecule has 3 aromatic carbocycles. The summed E-state index contributed by atoms with van der Waals surface area (Å²) in [4.78, 5) is 18.2. The van der Waals surface area contributed by atoms with Gasteiger partial charge in [0.25, 0.3) is 0 Å². The van der Waals surface area contributed by atoms with Crippen molar-refractivity contribution in [1.29, 1.82) is 0 Å². The molecule has 0 spiro atoms. The largest absolute Gasteiger partial charge is 0.497 e. The van der Waals surface area contributed by atoms with Gasteiger partial charge in [0.2, 0.25) is 0 Å². The van der Waals surface area contributed by atoms with E-state index in [1.807, 2.05) is 54.7 Å². The number of rotatable bonds is 7. The normalized spacial score (nSPS) is 10.8. The fourth-order valence-electron chi connectivity index (χ4n) is 3.58. The Morgan fingerprint density at radius 2 is 1.81 bits per heavy atom. The van der Waals surface area contributed by atoms with E-state index in [1.54, 1.807) is 24.1 Å². The fraction of sp³-hybridized carbons (Fsp3) is 0.160. The van der Waals surface area contributed by atoms with Gasteiger partial charge in [-0.15, -0.1) is 0 Å². The Kier molecular flexibility index (Phi) is 6.88. The number of hydrogen-bond donors (Lipinski definition) is 2. The molecule has 7 heteroatoms. The van der Waals surface area contributed by atoms with E-state index in [9.17, 15) is 4.79 Å². The number of carbonyl (C=O) groups excluding carboxylic acids is 1. The van der Waals surface area contributed by atoms with Gasteiger partial charge in [0.1, 0.15) is 5.75 Å². The Labute approximate surface area is 196 Å². The van der Waals surface area contributed by atoms with E-state index in [4.69, 9.17) is 27.9 Å². The van der Waals surface area contributed by atoms with Gasteiger partial charge >= 0.3 is 6.03 Å². The first kappa shape index (κ1) is 22.1. The number of urea groups is 1. The molecular weight excluding hydrogens is 445 g/mol. The highest BCUT2D eigenvalue weighted by Crippen LogP contribution is 2.24. The molecule has 0 saturated heterocycles. The average Bonchev–Trinajstić information content (AvgIpc) is 3.22. The highest BCUT2D eigenvalue weighted by atomic mass is 35.5. The van der Waals surface area contributed by atoms with E-state index >= 15 is 0 Å². The van der Waals surface area contributed by atoms with Gasteiger partial charge in [0.15, 0.2) is 0 Å². The summed E-state index contributed by atoms with van der Waals surface area (Å²) in [6.07, 6.45) is 2.71. The molecule has 0 aliphatic carbocycles. The monoisotopic (exact) mass is 467 g/mol. The van der Waals surface area contributed by atoms with Crippen LogP contribution in [0.4, 0.5) is 10.5 Å². The van der Waals surface area contributed by atoms with Crippen molar-refractivity contribution < 1.29 is 9.53 Å². The molecule has 32 heavy (non-hydrogen) atoms. The van der Waals surface area contributed by atoms with Gasteiger partial charge in [-0.1, -0.05) is 47.5 Å². The molecule has 164 valence electrons. The minimum Gasteiger partial charge on any atom is -0.497 e. The van der Waals surface area contributed by atoms with Crippen molar-refractivity contribution in [2.45, 2.75) is 13.0 Å². The summed E-state index contributed by atoms with van der Waals surface area (Å²) < 4.78 is 5.19. The minimum absolute atomic E-state index is 0.193. The number of methoxy groups -OCH3 is 1. The van der Waals surface area contributed by atoms with Gasteiger partial charge in [-0.3, -0.25) is 0 Å². The summed E-state index contributed by atoms with van der Waals surface area (Å²) in [6, 6.07) is 20.6. The van der Waals surface area contributed by atoms with Crippen molar-refractivity contribution >= 4 is 45.8 Å². The van der Waals surface area contributed by atoms with Crippen LogP contribution in [-0.4, -0.2) is 29.6 Å². The third kappa shape index (κ3) is 5.18. The second-order valence-electron chi connectivity index (χ2n) is 7.44. The number of benzene rings is 3. The Morgan fingerprint density at radius 3 is 2.56 bits per heavy atom. The van der Waals surface area contributed by atoms with Crippen LogP contribution >= 0.6 is 23.2 Å². The Hall–Kier alpha value is -3.15. The van der Waals surface area contributed by atoms with Gasteiger partial charge in [-0.05, 0) is 60.0 Å². The van der Waals surface area contributed by atoms with Gasteiger partial charge < -0.3 is 19.9 Å². The predicted octanol–water partition coefficient (Wildman–Crippen LogP) is 6.76. The van der Waals surface area contributed by atoms with Gasteiger partial charge in [0, 0.05) is 35.9 Å². The van der Waals surface area contributed by atoms with Crippen LogP contribution in [0.5, 0.6) is 5.75 Å². The van der Waals surface area contributed by atoms with Crippen LogP contribution < -0.4 is 10.1 Å². The summed E-state index contributed by atoms with van der Waals surface area (Å²) in [5, 5.41) is 5.09. The molecule has 0 fully saturated rings. The van der Waals surface area contributed by atoms with E-state index in [0.29, 0.717) is 35.2 Å². The molecule has 1 aromatic heterocycles. The first-order valence-electron chi connectivity index (χ1n) is 10.2. The van der Waals surface area contributed by atoms with Crippen molar-refractivity contribution in [2.75, 3.05) is 19.0 Å². The first-order chi connectivity index (χ1) is 15.5. The Morgan fingerprint density at radius 1 is 1.03 bits per heavy atom. The average molecular weight is 468 g/mol. The summed E-state index contributed by atoms with van der Waals surface area (Å²) in [7, 11) is 1.61. The SMILES string of the molecule is COc1ccc(NC(=O)N(CCc2c[nH]c3ccccc23)Cc2ccc(Cl)c(Cl)c2)cc1. The Bertz CT molecular complexity index is 1220. The summed E-state index contributed by atoms with van der Waals surface area (Å²) in [5.74, 6) is 0.731. The van der Waals surface area contributed by atoms with E-state index in [1.165, 1.54) is 0 Å².